The maximum absolute atomic E-state index is 11.6. The molecule has 0 aliphatic heterocycles. The summed E-state index contributed by atoms with van der Waals surface area (Å²) in [7, 11) is 0. The highest BCUT2D eigenvalue weighted by Crippen LogP contribution is 2.29. The van der Waals surface area contributed by atoms with Crippen LogP contribution in [0.4, 0.5) is 0 Å². The van der Waals surface area contributed by atoms with Crippen molar-refractivity contribution in [1.82, 2.24) is 0 Å². The number of benzene rings is 1. The Hall–Kier alpha value is -1.41. The zero-order valence-electron chi connectivity index (χ0n) is 10.3. The summed E-state index contributed by atoms with van der Waals surface area (Å²) in [6, 6.07) is 8.51. The van der Waals surface area contributed by atoms with Crippen molar-refractivity contribution in [2.75, 3.05) is 0 Å². The predicted molar refractivity (Wildman–Crippen MR) is 77.1 cm³/mol. The van der Waals surface area contributed by atoms with Gasteiger partial charge in [-0.2, -0.15) is 0 Å². The molecule has 1 aliphatic rings. The van der Waals surface area contributed by atoms with E-state index in [9.17, 15) is 4.79 Å². The number of fused-ring (bicyclic) bond motifs is 1. The fraction of sp³-hybridized carbons (Fsp3) is 0.312. The molecule has 0 amide bonds. The van der Waals surface area contributed by atoms with E-state index in [2.05, 4.69) is 29.6 Å². The first-order valence-corrected chi connectivity index (χ1v) is 7.38. The first-order chi connectivity index (χ1) is 8.83. The van der Waals surface area contributed by atoms with E-state index in [4.69, 9.17) is 0 Å². The molecule has 18 heavy (non-hydrogen) atoms. The Kier molecular flexibility index (Phi) is 3.28. The first-order valence-electron chi connectivity index (χ1n) is 6.50. The lowest BCUT2D eigenvalue weighted by Gasteiger charge is -2.04. The normalized spacial score (nSPS) is 16.7. The molecule has 3 rings (SSSR count). The minimum Gasteiger partial charge on any atom is -0.295 e. The molecular weight excluding hydrogens is 240 g/mol. The third kappa shape index (κ3) is 2.39. The molecule has 1 nitrogen and oxygen atoms in total. The molecular formula is C16H16OS. The van der Waals surface area contributed by atoms with Crippen LogP contribution in [0.15, 0.2) is 41.3 Å². The number of allylic oxidation sites excluding steroid dienone is 2. The second-order valence-electron chi connectivity index (χ2n) is 4.91. The molecule has 92 valence electrons. The summed E-state index contributed by atoms with van der Waals surface area (Å²) >= 11 is 1.80. The van der Waals surface area contributed by atoms with Crippen LogP contribution in [-0.4, -0.2) is 5.78 Å². The van der Waals surface area contributed by atoms with Crippen molar-refractivity contribution in [1.29, 1.82) is 0 Å². The van der Waals surface area contributed by atoms with Crippen molar-refractivity contribution < 1.29 is 4.79 Å². The van der Waals surface area contributed by atoms with Gasteiger partial charge in [0.15, 0.2) is 5.78 Å². The lowest BCUT2D eigenvalue weighted by Crippen LogP contribution is -1.93. The topological polar surface area (TPSA) is 17.1 Å². The average Bonchev–Trinajstić information content (AvgIpc) is 2.66. The molecule has 1 aromatic carbocycles. The molecule has 0 radical (unpaired) electrons. The van der Waals surface area contributed by atoms with Crippen molar-refractivity contribution in [2.24, 2.45) is 0 Å². The van der Waals surface area contributed by atoms with Crippen molar-refractivity contribution in [3.8, 4) is 0 Å². The van der Waals surface area contributed by atoms with Crippen LogP contribution in [-0.2, 0) is 11.2 Å². The first kappa shape index (κ1) is 11.7. The Balaban J connectivity index is 1.89. The van der Waals surface area contributed by atoms with Crippen molar-refractivity contribution >= 4 is 27.2 Å². The minimum absolute atomic E-state index is 0.307. The number of carbonyl (C=O) groups excluding carboxylic acids is 1. The maximum atomic E-state index is 11.6. The van der Waals surface area contributed by atoms with E-state index in [1.165, 1.54) is 21.2 Å². The van der Waals surface area contributed by atoms with Gasteiger partial charge in [0.2, 0.25) is 0 Å². The van der Waals surface area contributed by atoms with Gasteiger partial charge >= 0.3 is 0 Å². The zero-order valence-corrected chi connectivity index (χ0v) is 11.1. The Morgan fingerprint density at radius 1 is 1.11 bits per heavy atom. The van der Waals surface area contributed by atoms with Gasteiger partial charge < -0.3 is 0 Å². The van der Waals surface area contributed by atoms with Gasteiger partial charge in [-0.05, 0) is 54.2 Å². The van der Waals surface area contributed by atoms with Crippen LogP contribution < -0.4 is 0 Å². The summed E-state index contributed by atoms with van der Waals surface area (Å²) in [6.45, 7) is 0. The zero-order chi connectivity index (χ0) is 12.4. The van der Waals surface area contributed by atoms with Gasteiger partial charge in [-0.3, -0.25) is 4.79 Å². The number of carbonyl (C=O) groups is 1. The minimum atomic E-state index is 0.307. The molecule has 1 aromatic heterocycles. The number of hydrogen-bond donors (Lipinski definition) is 0. The van der Waals surface area contributed by atoms with E-state index in [0.29, 0.717) is 5.78 Å². The van der Waals surface area contributed by atoms with Crippen molar-refractivity contribution in [2.45, 2.75) is 32.1 Å². The molecule has 2 aromatic rings. The fourth-order valence-corrected chi connectivity index (χ4v) is 3.54. The number of ketones is 1. The van der Waals surface area contributed by atoms with Crippen LogP contribution in [0, 0.1) is 0 Å². The Labute approximate surface area is 111 Å². The molecule has 2 heteroatoms. The van der Waals surface area contributed by atoms with Gasteiger partial charge in [-0.15, -0.1) is 11.3 Å². The van der Waals surface area contributed by atoms with Crippen LogP contribution in [0.1, 0.15) is 31.2 Å². The monoisotopic (exact) mass is 256 g/mol. The summed E-state index contributed by atoms with van der Waals surface area (Å²) in [6.07, 6.45) is 6.84. The fourth-order valence-electron chi connectivity index (χ4n) is 2.58. The third-order valence-electron chi connectivity index (χ3n) is 3.51. The van der Waals surface area contributed by atoms with Gasteiger partial charge in [0, 0.05) is 11.1 Å². The van der Waals surface area contributed by atoms with E-state index in [1.807, 2.05) is 6.08 Å². The lowest BCUT2D eigenvalue weighted by atomic mass is 10.0. The third-order valence-corrected chi connectivity index (χ3v) is 4.53. The molecule has 0 unspecified atom stereocenters. The van der Waals surface area contributed by atoms with Gasteiger partial charge in [0.25, 0.3) is 0 Å². The smallest absolute Gasteiger partial charge is 0.155 e. The summed E-state index contributed by atoms with van der Waals surface area (Å²) in [5.41, 5.74) is 2.68. The number of hydrogen-bond acceptors (Lipinski definition) is 2. The molecule has 0 atom stereocenters. The Morgan fingerprint density at radius 3 is 2.89 bits per heavy atom. The Bertz CT molecular complexity index is 606. The molecule has 1 aliphatic carbocycles. The van der Waals surface area contributed by atoms with E-state index in [0.717, 1.165) is 32.1 Å². The largest absolute Gasteiger partial charge is 0.295 e. The quantitative estimate of drug-likeness (QED) is 0.772. The van der Waals surface area contributed by atoms with E-state index in [1.54, 1.807) is 11.3 Å². The molecule has 0 saturated carbocycles. The van der Waals surface area contributed by atoms with Gasteiger partial charge in [0.1, 0.15) is 0 Å². The van der Waals surface area contributed by atoms with Crippen LogP contribution in [0.2, 0.25) is 0 Å². The molecule has 0 N–H and O–H groups in total. The van der Waals surface area contributed by atoms with Gasteiger partial charge in [-0.25, -0.2) is 0 Å². The predicted octanol–water partition coefficient (Wildman–Crippen LogP) is 4.51. The maximum Gasteiger partial charge on any atom is 0.155 e. The lowest BCUT2D eigenvalue weighted by molar-refractivity contribution is -0.114. The van der Waals surface area contributed by atoms with E-state index < -0.39 is 0 Å². The second-order valence-corrected chi connectivity index (χ2v) is 5.82. The molecule has 1 heterocycles. The number of thiophene rings is 1. The van der Waals surface area contributed by atoms with Crippen molar-refractivity contribution in [3.63, 3.8) is 0 Å². The van der Waals surface area contributed by atoms with E-state index in [-0.39, 0.29) is 0 Å². The molecule has 0 spiro atoms. The molecule has 0 saturated heterocycles. The highest BCUT2D eigenvalue weighted by molar-refractivity contribution is 7.17. The van der Waals surface area contributed by atoms with Crippen LogP contribution in [0.5, 0.6) is 0 Å². The standard InChI is InChI=1S/C16H16OS/c17-14-6-2-1-5-12(10-14)9-13-11-18-16-8-4-3-7-15(13)16/h3-4,7-8,10-11H,1-2,5-6,9H2. The average molecular weight is 256 g/mol. The highest BCUT2D eigenvalue weighted by Gasteiger charge is 2.11. The summed E-state index contributed by atoms with van der Waals surface area (Å²) < 4.78 is 1.34. The van der Waals surface area contributed by atoms with Crippen LogP contribution >= 0.6 is 11.3 Å². The van der Waals surface area contributed by atoms with Gasteiger partial charge in [0.05, 0.1) is 0 Å². The van der Waals surface area contributed by atoms with E-state index >= 15 is 0 Å². The van der Waals surface area contributed by atoms with Crippen LogP contribution in [0.25, 0.3) is 10.1 Å². The highest BCUT2D eigenvalue weighted by atomic mass is 32.1. The number of rotatable bonds is 2. The molecule has 0 bridgehead atoms. The summed E-state index contributed by atoms with van der Waals surface area (Å²) in [4.78, 5) is 11.6. The Morgan fingerprint density at radius 2 is 1.94 bits per heavy atom. The summed E-state index contributed by atoms with van der Waals surface area (Å²) in [5.74, 6) is 0.307. The summed E-state index contributed by atoms with van der Waals surface area (Å²) in [5, 5.41) is 3.58. The second kappa shape index (κ2) is 5.07. The van der Waals surface area contributed by atoms with Crippen molar-refractivity contribution in [3.05, 3.63) is 46.9 Å². The SMILES string of the molecule is O=C1C=C(Cc2csc3ccccc23)CCCC1. The molecule has 0 fully saturated rings. The van der Waals surface area contributed by atoms with Gasteiger partial charge in [-0.1, -0.05) is 23.8 Å². The van der Waals surface area contributed by atoms with Crippen LogP contribution in [0.3, 0.4) is 0 Å².